The van der Waals surface area contributed by atoms with Crippen molar-refractivity contribution in [3.63, 3.8) is 0 Å². The Kier molecular flexibility index (Phi) is 3.86. The lowest BCUT2D eigenvalue weighted by molar-refractivity contribution is -0.139. The predicted octanol–water partition coefficient (Wildman–Crippen LogP) is 1.66. The van der Waals surface area contributed by atoms with Gasteiger partial charge in [-0.05, 0) is 44.7 Å². The molecule has 7 nitrogen and oxygen atoms in total. The summed E-state index contributed by atoms with van der Waals surface area (Å²) in [7, 11) is 1.98. The molecule has 3 heterocycles. The minimum absolute atomic E-state index is 0.286. The van der Waals surface area contributed by atoms with Crippen molar-refractivity contribution >= 4 is 17.4 Å². The quantitative estimate of drug-likeness (QED) is 0.857. The molecule has 0 bridgehead atoms. The SMILES string of the molecule is Cc1nnc2ccc(N3CCC(N(C)C(=O)C4CCC4)CC3)nn12. The summed E-state index contributed by atoms with van der Waals surface area (Å²) < 4.78 is 1.79. The average molecular weight is 328 g/mol. The first-order valence-electron chi connectivity index (χ1n) is 8.84. The van der Waals surface area contributed by atoms with Gasteiger partial charge in [-0.25, -0.2) is 0 Å². The van der Waals surface area contributed by atoms with Gasteiger partial charge in [0.15, 0.2) is 11.5 Å². The minimum atomic E-state index is 0.286. The van der Waals surface area contributed by atoms with Crippen LogP contribution in [0.2, 0.25) is 0 Å². The van der Waals surface area contributed by atoms with E-state index < -0.39 is 0 Å². The molecule has 2 aliphatic rings. The van der Waals surface area contributed by atoms with Gasteiger partial charge in [-0.2, -0.15) is 4.52 Å². The number of carbonyl (C=O) groups is 1. The van der Waals surface area contributed by atoms with E-state index in [-0.39, 0.29) is 5.92 Å². The molecule has 7 heteroatoms. The Labute approximate surface area is 141 Å². The molecule has 4 rings (SSSR count). The number of piperidine rings is 1. The van der Waals surface area contributed by atoms with Gasteiger partial charge in [0, 0.05) is 32.1 Å². The van der Waals surface area contributed by atoms with Gasteiger partial charge in [0.25, 0.3) is 0 Å². The summed E-state index contributed by atoms with van der Waals surface area (Å²) in [5.74, 6) is 2.39. The summed E-state index contributed by atoms with van der Waals surface area (Å²) in [5.41, 5.74) is 0.775. The second-order valence-electron chi connectivity index (χ2n) is 7.00. The van der Waals surface area contributed by atoms with E-state index >= 15 is 0 Å². The zero-order valence-electron chi connectivity index (χ0n) is 14.4. The van der Waals surface area contributed by atoms with Crippen molar-refractivity contribution in [2.24, 2.45) is 5.92 Å². The summed E-state index contributed by atoms with van der Waals surface area (Å²) in [5, 5.41) is 12.8. The first-order chi connectivity index (χ1) is 11.6. The van der Waals surface area contributed by atoms with Crippen LogP contribution in [0.5, 0.6) is 0 Å². The standard InChI is InChI=1S/C17H24N6O/c1-12-18-19-15-6-7-16(20-23(12)15)22-10-8-14(9-11-22)21(2)17(24)13-4-3-5-13/h6-7,13-14H,3-5,8-11H2,1-2H3. The lowest BCUT2D eigenvalue weighted by Gasteiger charge is -2.39. The van der Waals surface area contributed by atoms with Crippen molar-refractivity contribution in [1.82, 2.24) is 24.7 Å². The van der Waals surface area contributed by atoms with Gasteiger partial charge >= 0.3 is 0 Å². The van der Waals surface area contributed by atoms with E-state index in [2.05, 4.69) is 20.2 Å². The number of hydrogen-bond acceptors (Lipinski definition) is 5. The number of nitrogens with zero attached hydrogens (tertiary/aromatic N) is 6. The monoisotopic (exact) mass is 328 g/mol. The Morgan fingerprint density at radius 3 is 2.58 bits per heavy atom. The van der Waals surface area contributed by atoms with Crippen LogP contribution < -0.4 is 4.90 Å². The van der Waals surface area contributed by atoms with Gasteiger partial charge < -0.3 is 9.80 Å². The Bertz CT molecular complexity index is 745. The van der Waals surface area contributed by atoms with Gasteiger partial charge in [0.05, 0.1) is 0 Å². The van der Waals surface area contributed by atoms with Crippen LogP contribution in [0.25, 0.3) is 5.65 Å². The molecule has 0 N–H and O–H groups in total. The normalized spacial score (nSPS) is 19.5. The van der Waals surface area contributed by atoms with Crippen molar-refractivity contribution in [3.05, 3.63) is 18.0 Å². The number of anilines is 1. The van der Waals surface area contributed by atoms with Crippen molar-refractivity contribution in [3.8, 4) is 0 Å². The number of carbonyl (C=O) groups excluding carboxylic acids is 1. The Hall–Kier alpha value is -2.18. The molecule has 2 aromatic rings. The third-order valence-corrected chi connectivity index (χ3v) is 5.54. The van der Waals surface area contributed by atoms with Gasteiger partial charge in [0.2, 0.25) is 5.91 Å². The van der Waals surface area contributed by atoms with Crippen LogP contribution in [0.15, 0.2) is 12.1 Å². The maximum atomic E-state index is 12.4. The molecule has 0 aromatic carbocycles. The fourth-order valence-corrected chi connectivity index (χ4v) is 3.66. The van der Waals surface area contributed by atoms with Crippen LogP contribution in [0, 0.1) is 12.8 Å². The molecule has 24 heavy (non-hydrogen) atoms. The van der Waals surface area contributed by atoms with E-state index in [1.807, 2.05) is 31.0 Å². The Morgan fingerprint density at radius 2 is 1.92 bits per heavy atom. The summed E-state index contributed by atoms with van der Waals surface area (Å²) in [4.78, 5) is 16.7. The third-order valence-electron chi connectivity index (χ3n) is 5.54. The van der Waals surface area contributed by atoms with Gasteiger partial charge in [0.1, 0.15) is 5.82 Å². The van der Waals surface area contributed by atoms with Crippen molar-refractivity contribution in [2.75, 3.05) is 25.0 Å². The van der Waals surface area contributed by atoms with Gasteiger partial charge in [-0.15, -0.1) is 15.3 Å². The fraction of sp³-hybridized carbons (Fsp3) is 0.647. The molecule has 1 amide bonds. The molecule has 1 aliphatic heterocycles. The van der Waals surface area contributed by atoms with E-state index in [0.717, 1.165) is 56.1 Å². The Balaban J connectivity index is 1.41. The lowest BCUT2D eigenvalue weighted by atomic mass is 9.84. The number of aryl methyl sites for hydroxylation is 1. The smallest absolute Gasteiger partial charge is 0.225 e. The molecule has 1 saturated heterocycles. The van der Waals surface area contributed by atoms with Crippen LogP contribution in [0.4, 0.5) is 5.82 Å². The fourth-order valence-electron chi connectivity index (χ4n) is 3.66. The second-order valence-corrected chi connectivity index (χ2v) is 7.00. The van der Waals surface area contributed by atoms with E-state index in [1.165, 1.54) is 6.42 Å². The summed E-state index contributed by atoms with van der Waals surface area (Å²) >= 11 is 0. The molecule has 1 saturated carbocycles. The predicted molar refractivity (Wildman–Crippen MR) is 90.9 cm³/mol. The molecule has 2 aromatic heterocycles. The van der Waals surface area contributed by atoms with E-state index in [4.69, 9.17) is 0 Å². The first-order valence-corrected chi connectivity index (χ1v) is 8.84. The molecular formula is C17H24N6O. The lowest BCUT2D eigenvalue weighted by Crippen LogP contribution is -2.48. The van der Waals surface area contributed by atoms with E-state index in [0.29, 0.717) is 11.9 Å². The minimum Gasteiger partial charge on any atom is -0.355 e. The van der Waals surface area contributed by atoms with Gasteiger partial charge in [-0.1, -0.05) is 6.42 Å². The highest BCUT2D eigenvalue weighted by Gasteiger charge is 2.32. The highest BCUT2D eigenvalue weighted by Crippen LogP contribution is 2.30. The molecule has 2 fully saturated rings. The largest absolute Gasteiger partial charge is 0.355 e. The van der Waals surface area contributed by atoms with Gasteiger partial charge in [-0.3, -0.25) is 4.79 Å². The Morgan fingerprint density at radius 1 is 1.17 bits per heavy atom. The van der Waals surface area contributed by atoms with E-state index in [1.54, 1.807) is 4.52 Å². The molecular weight excluding hydrogens is 304 g/mol. The maximum Gasteiger partial charge on any atom is 0.225 e. The maximum absolute atomic E-state index is 12.4. The zero-order chi connectivity index (χ0) is 16.7. The van der Waals surface area contributed by atoms with Crippen molar-refractivity contribution in [1.29, 1.82) is 0 Å². The van der Waals surface area contributed by atoms with Crippen LogP contribution in [0.1, 0.15) is 37.9 Å². The van der Waals surface area contributed by atoms with Crippen molar-refractivity contribution < 1.29 is 4.79 Å². The summed E-state index contributed by atoms with van der Waals surface area (Å²) in [6, 6.07) is 4.32. The number of fused-ring (bicyclic) bond motifs is 1. The second kappa shape index (κ2) is 6.03. The number of amides is 1. The highest BCUT2D eigenvalue weighted by atomic mass is 16.2. The van der Waals surface area contributed by atoms with Crippen LogP contribution in [0.3, 0.4) is 0 Å². The van der Waals surface area contributed by atoms with E-state index in [9.17, 15) is 4.79 Å². The summed E-state index contributed by atoms with van der Waals surface area (Å²) in [6.07, 6.45) is 5.35. The number of hydrogen-bond donors (Lipinski definition) is 0. The molecule has 1 aliphatic carbocycles. The number of rotatable bonds is 3. The number of aromatic nitrogens is 4. The van der Waals surface area contributed by atoms with Crippen molar-refractivity contribution in [2.45, 2.75) is 45.1 Å². The molecule has 0 radical (unpaired) electrons. The zero-order valence-corrected chi connectivity index (χ0v) is 14.4. The molecule has 0 atom stereocenters. The molecule has 0 unspecified atom stereocenters. The topological polar surface area (TPSA) is 66.6 Å². The third kappa shape index (κ3) is 2.61. The highest BCUT2D eigenvalue weighted by molar-refractivity contribution is 5.79. The molecule has 128 valence electrons. The van der Waals surface area contributed by atoms with Crippen LogP contribution >= 0.6 is 0 Å². The molecule has 0 spiro atoms. The first kappa shape index (κ1) is 15.4. The average Bonchev–Trinajstić information content (AvgIpc) is 2.93. The van der Waals surface area contributed by atoms with Crippen LogP contribution in [-0.4, -0.2) is 56.8 Å². The summed E-state index contributed by atoms with van der Waals surface area (Å²) in [6.45, 7) is 3.75. The van der Waals surface area contributed by atoms with Crippen LogP contribution in [-0.2, 0) is 4.79 Å².